The molecule has 1 saturated heterocycles. The maximum absolute atomic E-state index is 13.0. The van der Waals surface area contributed by atoms with Crippen molar-refractivity contribution in [3.8, 4) is 11.8 Å². The van der Waals surface area contributed by atoms with Gasteiger partial charge in [-0.25, -0.2) is 0 Å². The number of hydrazone groups is 1. The van der Waals surface area contributed by atoms with E-state index in [2.05, 4.69) is 23.3 Å². The van der Waals surface area contributed by atoms with Crippen LogP contribution >= 0.6 is 0 Å². The number of hydrogen-bond acceptors (Lipinski definition) is 5. The van der Waals surface area contributed by atoms with Gasteiger partial charge in [-0.05, 0) is 66.0 Å². The van der Waals surface area contributed by atoms with Crippen LogP contribution in [0.15, 0.2) is 65.8 Å². The highest BCUT2D eigenvalue weighted by Gasteiger charge is 2.67. The first kappa shape index (κ1) is 19.0. The van der Waals surface area contributed by atoms with Gasteiger partial charge in [-0.15, -0.1) is 0 Å². The fourth-order valence-electron chi connectivity index (χ4n) is 5.75. The number of nitriles is 1. The molecule has 5 aliphatic rings. The number of ether oxygens (including phenoxy) is 1. The molecule has 4 aliphatic carbocycles. The van der Waals surface area contributed by atoms with E-state index in [9.17, 15) is 14.9 Å². The summed E-state index contributed by atoms with van der Waals surface area (Å²) in [7, 11) is 0. The molecule has 158 valence electrons. The summed E-state index contributed by atoms with van der Waals surface area (Å²) in [5, 5.41) is 14.5. The molecule has 3 fully saturated rings. The lowest BCUT2D eigenvalue weighted by atomic mass is 9.63. The van der Waals surface area contributed by atoms with E-state index < -0.39 is 0 Å². The third-order valence-corrected chi connectivity index (χ3v) is 7.37. The second-order valence-corrected chi connectivity index (χ2v) is 9.01. The summed E-state index contributed by atoms with van der Waals surface area (Å²) >= 11 is 0. The van der Waals surface area contributed by atoms with Crippen molar-refractivity contribution < 1.29 is 14.3 Å². The van der Waals surface area contributed by atoms with E-state index in [0.29, 0.717) is 29.8 Å². The Morgan fingerprint density at radius 3 is 2.31 bits per heavy atom. The van der Waals surface area contributed by atoms with Gasteiger partial charge in [0.05, 0.1) is 29.7 Å². The highest BCUT2D eigenvalue weighted by molar-refractivity contribution is 6.06. The molecule has 0 spiro atoms. The molecule has 6 nitrogen and oxygen atoms in total. The molecule has 2 saturated carbocycles. The van der Waals surface area contributed by atoms with E-state index in [4.69, 9.17) is 4.74 Å². The van der Waals surface area contributed by atoms with Crippen LogP contribution in [0, 0.1) is 46.8 Å². The van der Waals surface area contributed by atoms with Crippen LogP contribution in [0.1, 0.15) is 23.1 Å². The van der Waals surface area contributed by atoms with E-state index in [1.165, 1.54) is 0 Å². The Bertz CT molecular complexity index is 1170. The minimum atomic E-state index is -0.231. The van der Waals surface area contributed by atoms with Crippen LogP contribution in [0.2, 0.25) is 0 Å². The monoisotopic (exact) mass is 423 g/mol. The molecule has 0 aromatic heterocycles. The molecule has 6 heteroatoms. The van der Waals surface area contributed by atoms with Crippen LogP contribution in [-0.4, -0.2) is 23.0 Å². The van der Waals surface area contributed by atoms with E-state index >= 15 is 0 Å². The van der Waals surface area contributed by atoms with E-state index in [1.54, 1.807) is 24.4 Å². The molecule has 0 unspecified atom stereocenters. The molecule has 0 radical (unpaired) electrons. The molecule has 2 amide bonds. The smallest absolute Gasteiger partial charge is 0.254 e. The molecule has 1 aliphatic heterocycles. The van der Waals surface area contributed by atoms with Crippen molar-refractivity contribution in [2.75, 3.05) is 0 Å². The van der Waals surface area contributed by atoms with Gasteiger partial charge in [-0.2, -0.15) is 15.4 Å². The standard InChI is InChI=1S/C26H21N3O3/c27-12-16-3-1-2-4-17(16)14-32-18-7-5-15(6-8-18)13-28-29-25(30)23-19-9-10-20(22-11-21(19)22)24(23)26(29)31/h1-10,13,19-24H,11,14H2/b28-13-/t19-,20-,21-,22-,23+,24+/m1/s1. The highest BCUT2D eigenvalue weighted by atomic mass is 16.5. The zero-order valence-electron chi connectivity index (χ0n) is 17.3. The van der Waals surface area contributed by atoms with Crippen molar-refractivity contribution >= 4 is 18.0 Å². The second-order valence-electron chi connectivity index (χ2n) is 9.01. The topological polar surface area (TPSA) is 82.8 Å². The average molecular weight is 423 g/mol. The maximum atomic E-state index is 13.0. The number of carbonyl (C=O) groups is 2. The summed E-state index contributed by atoms with van der Waals surface area (Å²) in [4.78, 5) is 25.9. The SMILES string of the molecule is N#Cc1ccccc1COc1ccc(/C=N\N2C(=O)[C@H]3[C@@H]4C=C[C@H]([C@H]5C[C@H]45)[C@@H]3C2=O)cc1. The number of benzene rings is 2. The Morgan fingerprint density at radius 1 is 1.00 bits per heavy atom. The fourth-order valence-corrected chi connectivity index (χ4v) is 5.75. The van der Waals surface area contributed by atoms with Gasteiger partial charge in [-0.3, -0.25) is 9.59 Å². The van der Waals surface area contributed by atoms with Gasteiger partial charge in [0.1, 0.15) is 12.4 Å². The fraction of sp³-hybridized carbons (Fsp3) is 0.308. The summed E-state index contributed by atoms with van der Waals surface area (Å²) in [6.07, 6.45) is 7.02. The van der Waals surface area contributed by atoms with Gasteiger partial charge in [0, 0.05) is 5.56 Å². The van der Waals surface area contributed by atoms with Crippen LogP contribution in [0.25, 0.3) is 0 Å². The predicted octanol–water partition coefficient (Wildman–Crippen LogP) is 3.52. The lowest BCUT2D eigenvalue weighted by molar-refractivity contribution is -0.140. The number of amides is 2. The molecule has 2 aromatic rings. The largest absolute Gasteiger partial charge is 0.489 e. The molecular formula is C26H21N3O3. The molecule has 1 heterocycles. The summed E-state index contributed by atoms with van der Waals surface area (Å²) in [6, 6.07) is 16.8. The van der Waals surface area contributed by atoms with E-state index in [-0.39, 0.29) is 35.5 Å². The molecule has 0 N–H and O–H groups in total. The van der Waals surface area contributed by atoms with Crippen LogP contribution < -0.4 is 4.74 Å². The van der Waals surface area contributed by atoms with E-state index in [1.807, 2.05) is 30.3 Å². The number of imide groups is 1. The zero-order chi connectivity index (χ0) is 21.8. The number of carbonyl (C=O) groups excluding carboxylic acids is 2. The average Bonchev–Trinajstić information content (AvgIpc) is 3.61. The number of rotatable bonds is 5. The molecular weight excluding hydrogens is 402 g/mol. The zero-order valence-corrected chi connectivity index (χ0v) is 17.3. The Kier molecular flexibility index (Phi) is 4.25. The van der Waals surface area contributed by atoms with Crippen molar-refractivity contribution in [2.24, 2.45) is 40.6 Å². The Balaban J connectivity index is 1.13. The number of nitrogens with zero attached hydrogens (tertiary/aromatic N) is 3. The van der Waals surface area contributed by atoms with Gasteiger partial charge in [0.2, 0.25) is 0 Å². The van der Waals surface area contributed by atoms with Crippen LogP contribution in [0.5, 0.6) is 5.75 Å². The number of hydrogen-bond donors (Lipinski definition) is 0. The van der Waals surface area contributed by atoms with Crippen molar-refractivity contribution in [3.05, 3.63) is 77.4 Å². The molecule has 32 heavy (non-hydrogen) atoms. The van der Waals surface area contributed by atoms with Gasteiger partial charge >= 0.3 is 0 Å². The van der Waals surface area contributed by atoms with Crippen LogP contribution in [-0.2, 0) is 16.2 Å². The van der Waals surface area contributed by atoms with Gasteiger partial charge < -0.3 is 4.74 Å². The lowest BCUT2D eigenvalue weighted by Gasteiger charge is -2.37. The third kappa shape index (κ3) is 2.89. The molecule has 7 rings (SSSR count). The summed E-state index contributed by atoms with van der Waals surface area (Å²) in [5.74, 6) is 1.46. The van der Waals surface area contributed by atoms with Crippen LogP contribution in [0.3, 0.4) is 0 Å². The Hall–Kier alpha value is -3.72. The molecule has 6 atom stereocenters. The highest BCUT2D eigenvalue weighted by Crippen LogP contribution is 2.65. The quantitative estimate of drug-likeness (QED) is 0.419. The first-order valence-electron chi connectivity index (χ1n) is 11.0. The lowest BCUT2D eigenvalue weighted by Crippen LogP contribution is -2.40. The molecule has 2 aromatic carbocycles. The summed E-state index contributed by atoms with van der Waals surface area (Å²) in [6.45, 7) is 0.301. The number of allylic oxidation sites excluding steroid dienone is 2. The van der Waals surface area contributed by atoms with Crippen molar-refractivity contribution in [2.45, 2.75) is 13.0 Å². The first-order valence-corrected chi connectivity index (χ1v) is 11.0. The Labute approximate surface area is 185 Å². The van der Waals surface area contributed by atoms with Gasteiger partial charge in [0.25, 0.3) is 11.8 Å². The van der Waals surface area contributed by atoms with E-state index in [0.717, 1.165) is 22.6 Å². The van der Waals surface area contributed by atoms with Crippen LogP contribution in [0.4, 0.5) is 0 Å². The molecule has 2 bridgehead atoms. The normalized spacial score (nSPS) is 31.5. The summed E-state index contributed by atoms with van der Waals surface area (Å²) < 4.78 is 5.79. The predicted molar refractivity (Wildman–Crippen MR) is 116 cm³/mol. The Morgan fingerprint density at radius 2 is 1.66 bits per heavy atom. The second kappa shape index (κ2) is 7.16. The van der Waals surface area contributed by atoms with Crippen molar-refractivity contribution in [1.82, 2.24) is 5.01 Å². The third-order valence-electron chi connectivity index (χ3n) is 7.37. The van der Waals surface area contributed by atoms with Crippen molar-refractivity contribution in [3.63, 3.8) is 0 Å². The minimum absolute atomic E-state index is 0.155. The summed E-state index contributed by atoms with van der Waals surface area (Å²) in [5.41, 5.74) is 2.20. The van der Waals surface area contributed by atoms with Gasteiger partial charge in [-0.1, -0.05) is 30.4 Å². The van der Waals surface area contributed by atoms with Crippen molar-refractivity contribution in [1.29, 1.82) is 5.26 Å². The minimum Gasteiger partial charge on any atom is -0.489 e. The maximum Gasteiger partial charge on any atom is 0.254 e. The first-order chi connectivity index (χ1) is 15.7. The van der Waals surface area contributed by atoms with Gasteiger partial charge in [0.15, 0.2) is 0 Å².